The number of para-hydroxylation sites is 1. The molecule has 0 radical (unpaired) electrons. The maximum atomic E-state index is 12.5. The van der Waals surface area contributed by atoms with Crippen LogP contribution in [0.25, 0.3) is 0 Å². The van der Waals surface area contributed by atoms with Crippen molar-refractivity contribution in [1.29, 1.82) is 0 Å². The van der Waals surface area contributed by atoms with Crippen molar-refractivity contribution in [2.75, 3.05) is 31.3 Å². The van der Waals surface area contributed by atoms with E-state index >= 15 is 0 Å². The van der Waals surface area contributed by atoms with E-state index in [0.717, 1.165) is 21.7 Å². The van der Waals surface area contributed by atoms with E-state index in [-0.39, 0.29) is 19.0 Å². The molecule has 0 heterocycles. The first-order chi connectivity index (χ1) is 13.7. The highest BCUT2D eigenvalue weighted by molar-refractivity contribution is 7.92. The molecule has 0 aromatic heterocycles. The summed E-state index contributed by atoms with van der Waals surface area (Å²) in [5, 5.41) is 2.77. The first-order valence-electron chi connectivity index (χ1n) is 9.21. The fourth-order valence-corrected chi connectivity index (χ4v) is 3.84. The summed E-state index contributed by atoms with van der Waals surface area (Å²) in [5.74, 6) is 0.869. The van der Waals surface area contributed by atoms with Gasteiger partial charge in [-0.25, -0.2) is 8.42 Å². The Bertz CT molecular complexity index is 957. The van der Waals surface area contributed by atoms with Gasteiger partial charge in [-0.3, -0.25) is 9.10 Å². The van der Waals surface area contributed by atoms with Crippen molar-refractivity contribution in [3.8, 4) is 11.5 Å². The summed E-state index contributed by atoms with van der Waals surface area (Å²) in [5.41, 5.74) is 2.20. The molecule has 0 atom stereocenters. The molecule has 0 unspecified atom stereocenters. The fourth-order valence-electron chi connectivity index (χ4n) is 2.96. The van der Waals surface area contributed by atoms with Crippen LogP contribution in [0.2, 0.25) is 0 Å². The number of carbonyl (C=O) groups excluding carboxylic acids is 1. The van der Waals surface area contributed by atoms with E-state index in [1.807, 2.05) is 32.0 Å². The highest BCUT2D eigenvalue weighted by Gasteiger charge is 2.23. The Kier molecular flexibility index (Phi) is 7.50. The van der Waals surface area contributed by atoms with Gasteiger partial charge in [-0.05, 0) is 35.2 Å². The van der Waals surface area contributed by atoms with Gasteiger partial charge in [0.2, 0.25) is 15.9 Å². The number of hydrogen-bond acceptors (Lipinski definition) is 5. The van der Waals surface area contributed by atoms with E-state index < -0.39 is 15.9 Å². The molecule has 8 heteroatoms. The zero-order chi connectivity index (χ0) is 21.6. The van der Waals surface area contributed by atoms with Gasteiger partial charge in [0.05, 0.1) is 26.2 Å². The van der Waals surface area contributed by atoms with Crippen LogP contribution in [0.15, 0.2) is 42.5 Å². The van der Waals surface area contributed by atoms with Gasteiger partial charge in [0.1, 0.15) is 6.54 Å². The van der Waals surface area contributed by atoms with Gasteiger partial charge in [0.25, 0.3) is 0 Å². The molecule has 1 N–H and O–H groups in total. The molecule has 0 spiro atoms. The maximum Gasteiger partial charge on any atom is 0.241 e. The number of ether oxygens (including phenoxy) is 2. The summed E-state index contributed by atoms with van der Waals surface area (Å²) in [6.07, 6.45) is 1.10. The minimum atomic E-state index is -3.64. The van der Waals surface area contributed by atoms with Gasteiger partial charge in [-0.2, -0.15) is 0 Å². The molecule has 2 aromatic carbocycles. The number of sulfonamides is 1. The summed E-state index contributed by atoms with van der Waals surface area (Å²) >= 11 is 0. The Labute approximate surface area is 172 Å². The highest BCUT2D eigenvalue weighted by Crippen LogP contribution is 2.29. The van der Waals surface area contributed by atoms with Crippen molar-refractivity contribution >= 4 is 21.6 Å². The molecular formula is C21H28N2O5S. The quantitative estimate of drug-likeness (QED) is 0.674. The lowest BCUT2D eigenvalue weighted by Gasteiger charge is -2.25. The molecule has 29 heavy (non-hydrogen) atoms. The van der Waals surface area contributed by atoms with Crippen LogP contribution in [0.5, 0.6) is 11.5 Å². The Morgan fingerprint density at radius 3 is 2.31 bits per heavy atom. The van der Waals surface area contributed by atoms with Gasteiger partial charge < -0.3 is 14.8 Å². The van der Waals surface area contributed by atoms with Crippen molar-refractivity contribution in [2.45, 2.75) is 26.3 Å². The molecule has 2 aromatic rings. The number of methoxy groups -OCH3 is 2. The van der Waals surface area contributed by atoms with E-state index in [2.05, 4.69) is 5.32 Å². The molecule has 0 aliphatic rings. The summed E-state index contributed by atoms with van der Waals surface area (Å²) in [6.45, 7) is 3.91. The monoisotopic (exact) mass is 420 g/mol. The molecule has 1 amide bonds. The van der Waals surface area contributed by atoms with Gasteiger partial charge in [0.15, 0.2) is 11.5 Å². The van der Waals surface area contributed by atoms with Crippen LogP contribution in [0.1, 0.15) is 30.9 Å². The van der Waals surface area contributed by atoms with Crippen molar-refractivity contribution in [3.63, 3.8) is 0 Å². The average Bonchev–Trinajstić information content (AvgIpc) is 2.69. The zero-order valence-electron chi connectivity index (χ0n) is 17.4. The molecule has 158 valence electrons. The third-order valence-corrected chi connectivity index (χ3v) is 5.58. The van der Waals surface area contributed by atoms with Crippen molar-refractivity contribution in [2.24, 2.45) is 0 Å². The standard InChI is InChI=1S/C21H28N2O5S/c1-15(2)17-8-6-7-9-18(17)23(29(5,25)26)14-21(24)22-13-16-10-11-19(27-3)20(12-16)28-4/h6-12,15H,13-14H2,1-5H3,(H,22,24). The molecular weight excluding hydrogens is 392 g/mol. The SMILES string of the molecule is COc1ccc(CNC(=O)CN(c2ccccc2C(C)C)S(C)(=O)=O)cc1OC. The topological polar surface area (TPSA) is 84.9 Å². The average molecular weight is 421 g/mol. The van der Waals surface area contributed by atoms with Crippen LogP contribution in [-0.2, 0) is 21.4 Å². The maximum absolute atomic E-state index is 12.5. The first-order valence-corrected chi connectivity index (χ1v) is 11.1. The highest BCUT2D eigenvalue weighted by atomic mass is 32.2. The Morgan fingerprint density at radius 2 is 1.72 bits per heavy atom. The number of amides is 1. The second-order valence-corrected chi connectivity index (χ2v) is 8.86. The van der Waals surface area contributed by atoms with E-state index in [1.54, 1.807) is 31.4 Å². The first kappa shape index (κ1) is 22.5. The number of hydrogen-bond donors (Lipinski definition) is 1. The summed E-state index contributed by atoms with van der Waals surface area (Å²) in [4.78, 5) is 12.5. The van der Waals surface area contributed by atoms with Gasteiger partial charge >= 0.3 is 0 Å². The van der Waals surface area contributed by atoms with Gasteiger partial charge in [-0.15, -0.1) is 0 Å². The van der Waals surface area contributed by atoms with Gasteiger partial charge in [-0.1, -0.05) is 38.1 Å². The zero-order valence-corrected chi connectivity index (χ0v) is 18.2. The van der Waals surface area contributed by atoms with Crippen LogP contribution in [-0.4, -0.2) is 41.3 Å². The normalized spacial score (nSPS) is 11.2. The van der Waals surface area contributed by atoms with Crippen LogP contribution in [0, 0.1) is 0 Å². The third kappa shape index (κ3) is 5.87. The lowest BCUT2D eigenvalue weighted by Crippen LogP contribution is -2.40. The molecule has 0 saturated carbocycles. The number of anilines is 1. The largest absolute Gasteiger partial charge is 0.493 e. The minimum Gasteiger partial charge on any atom is -0.493 e. The predicted octanol–water partition coefficient (Wildman–Crippen LogP) is 2.91. The number of carbonyl (C=O) groups is 1. The molecule has 0 bridgehead atoms. The molecule has 0 fully saturated rings. The van der Waals surface area contributed by atoms with Crippen molar-refractivity contribution < 1.29 is 22.7 Å². The Hall–Kier alpha value is -2.74. The molecule has 7 nitrogen and oxygen atoms in total. The second kappa shape index (κ2) is 9.65. The van der Waals surface area contributed by atoms with E-state index in [4.69, 9.17) is 9.47 Å². The Morgan fingerprint density at radius 1 is 1.07 bits per heavy atom. The lowest BCUT2D eigenvalue weighted by atomic mass is 10.0. The molecule has 0 aliphatic carbocycles. The number of nitrogens with one attached hydrogen (secondary N) is 1. The summed E-state index contributed by atoms with van der Waals surface area (Å²) in [7, 11) is -0.548. The summed E-state index contributed by atoms with van der Waals surface area (Å²) in [6, 6.07) is 12.5. The van der Waals surface area contributed by atoms with Gasteiger partial charge in [0, 0.05) is 6.54 Å². The summed E-state index contributed by atoms with van der Waals surface area (Å²) < 4.78 is 36.4. The Balaban J connectivity index is 2.16. The van der Waals surface area contributed by atoms with E-state index in [1.165, 1.54) is 7.11 Å². The molecule has 2 rings (SSSR count). The van der Waals surface area contributed by atoms with Crippen LogP contribution >= 0.6 is 0 Å². The minimum absolute atomic E-state index is 0.116. The smallest absolute Gasteiger partial charge is 0.241 e. The number of nitrogens with zero attached hydrogens (tertiary/aromatic N) is 1. The second-order valence-electron chi connectivity index (χ2n) is 6.95. The van der Waals surface area contributed by atoms with E-state index in [9.17, 15) is 13.2 Å². The van der Waals surface area contributed by atoms with E-state index in [0.29, 0.717) is 17.2 Å². The van der Waals surface area contributed by atoms with Crippen LogP contribution in [0.4, 0.5) is 5.69 Å². The van der Waals surface area contributed by atoms with Crippen LogP contribution in [0.3, 0.4) is 0 Å². The molecule has 0 aliphatic heterocycles. The number of benzene rings is 2. The fraction of sp³-hybridized carbons (Fsp3) is 0.381. The van der Waals surface area contributed by atoms with Crippen LogP contribution < -0.4 is 19.1 Å². The number of rotatable bonds is 9. The van der Waals surface area contributed by atoms with Crippen molar-refractivity contribution in [1.82, 2.24) is 5.32 Å². The van der Waals surface area contributed by atoms with Crippen molar-refractivity contribution in [3.05, 3.63) is 53.6 Å². The molecule has 0 saturated heterocycles. The third-order valence-electron chi connectivity index (χ3n) is 4.45. The predicted molar refractivity (Wildman–Crippen MR) is 114 cm³/mol. The lowest BCUT2D eigenvalue weighted by molar-refractivity contribution is -0.119.